The van der Waals surface area contributed by atoms with Gasteiger partial charge in [0.25, 0.3) is 0 Å². The third kappa shape index (κ3) is 2.68. The van der Waals surface area contributed by atoms with Gasteiger partial charge in [-0.15, -0.1) is 0 Å². The van der Waals surface area contributed by atoms with Crippen LogP contribution in [0.1, 0.15) is 5.56 Å². The molecule has 0 aliphatic rings. The molecule has 0 heterocycles. The lowest BCUT2D eigenvalue weighted by molar-refractivity contribution is 0.603. The Balaban J connectivity index is 2.36. The van der Waals surface area contributed by atoms with Crippen LogP contribution in [0.5, 0.6) is 0 Å². The molecule has 2 rings (SSSR count). The van der Waals surface area contributed by atoms with Crippen molar-refractivity contribution in [3.8, 4) is 11.1 Å². The number of hydrogen-bond donors (Lipinski definition) is 1. The first-order chi connectivity index (χ1) is 8.20. The first-order valence-electron chi connectivity index (χ1n) is 5.39. The van der Waals surface area contributed by atoms with Crippen LogP contribution in [0.25, 0.3) is 11.1 Å². The monoisotopic (exact) mass is 233 g/mol. The van der Waals surface area contributed by atoms with E-state index in [1.54, 1.807) is 12.1 Å². The topological polar surface area (TPSA) is 12.0 Å². The van der Waals surface area contributed by atoms with E-state index in [1.807, 2.05) is 19.2 Å². The molecule has 0 radical (unpaired) electrons. The van der Waals surface area contributed by atoms with Gasteiger partial charge in [-0.25, -0.2) is 8.78 Å². The molecular weight excluding hydrogens is 220 g/mol. The van der Waals surface area contributed by atoms with Crippen molar-refractivity contribution >= 4 is 0 Å². The van der Waals surface area contributed by atoms with E-state index >= 15 is 0 Å². The predicted molar refractivity (Wildman–Crippen MR) is 64.6 cm³/mol. The highest BCUT2D eigenvalue weighted by molar-refractivity contribution is 5.64. The van der Waals surface area contributed by atoms with Gasteiger partial charge in [0, 0.05) is 12.1 Å². The highest BCUT2D eigenvalue weighted by Gasteiger charge is 2.06. The van der Waals surface area contributed by atoms with E-state index < -0.39 is 11.6 Å². The lowest BCUT2D eigenvalue weighted by Gasteiger charge is -2.05. The minimum atomic E-state index is -0.430. The van der Waals surface area contributed by atoms with Gasteiger partial charge >= 0.3 is 0 Å². The quantitative estimate of drug-likeness (QED) is 0.857. The van der Waals surface area contributed by atoms with Crippen LogP contribution in [0.2, 0.25) is 0 Å². The Morgan fingerprint density at radius 1 is 1.00 bits per heavy atom. The molecular formula is C14H13F2N. The van der Waals surface area contributed by atoms with Crippen molar-refractivity contribution in [2.24, 2.45) is 0 Å². The maximum Gasteiger partial charge on any atom is 0.131 e. The Morgan fingerprint density at radius 3 is 2.35 bits per heavy atom. The van der Waals surface area contributed by atoms with Crippen molar-refractivity contribution in [1.29, 1.82) is 0 Å². The van der Waals surface area contributed by atoms with Crippen LogP contribution >= 0.6 is 0 Å². The Hall–Kier alpha value is -1.74. The molecule has 0 bridgehead atoms. The number of halogens is 2. The van der Waals surface area contributed by atoms with Gasteiger partial charge < -0.3 is 5.32 Å². The van der Waals surface area contributed by atoms with Crippen LogP contribution in [-0.4, -0.2) is 7.05 Å². The molecule has 0 spiro atoms. The Kier molecular flexibility index (Phi) is 3.49. The fraction of sp³-hybridized carbons (Fsp3) is 0.143. The minimum Gasteiger partial charge on any atom is -0.316 e. The molecule has 0 fully saturated rings. The van der Waals surface area contributed by atoms with E-state index in [0.717, 1.165) is 24.2 Å². The molecule has 17 heavy (non-hydrogen) atoms. The summed E-state index contributed by atoms with van der Waals surface area (Å²) in [6, 6.07) is 10.9. The lowest BCUT2D eigenvalue weighted by atomic mass is 10.0. The summed E-state index contributed by atoms with van der Waals surface area (Å²) in [6.07, 6.45) is 0. The Labute approximate surface area is 99.1 Å². The summed E-state index contributed by atoms with van der Waals surface area (Å²) in [5.74, 6) is -0.839. The zero-order valence-corrected chi connectivity index (χ0v) is 9.50. The van der Waals surface area contributed by atoms with Crippen LogP contribution in [0, 0.1) is 11.6 Å². The fourth-order valence-corrected chi connectivity index (χ4v) is 1.72. The number of rotatable bonds is 3. The second-order valence-electron chi connectivity index (χ2n) is 3.85. The van der Waals surface area contributed by atoms with E-state index in [2.05, 4.69) is 5.32 Å². The maximum atomic E-state index is 13.5. The molecule has 0 atom stereocenters. The average Bonchev–Trinajstić information content (AvgIpc) is 2.34. The van der Waals surface area contributed by atoms with Gasteiger partial charge in [0.15, 0.2) is 0 Å². The maximum absolute atomic E-state index is 13.5. The molecule has 0 aliphatic carbocycles. The van der Waals surface area contributed by atoms with Crippen LogP contribution < -0.4 is 5.32 Å². The Morgan fingerprint density at radius 2 is 1.71 bits per heavy atom. The van der Waals surface area contributed by atoms with Gasteiger partial charge in [0.05, 0.1) is 0 Å². The van der Waals surface area contributed by atoms with Crippen LogP contribution in [0.15, 0.2) is 42.5 Å². The summed E-state index contributed by atoms with van der Waals surface area (Å²) >= 11 is 0. The van der Waals surface area contributed by atoms with Crippen molar-refractivity contribution in [3.05, 3.63) is 59.7 Å². The van der Waals surface area contributed by atoms with Crippen LogP contribution in [-0.2, 0) is 6.54 Å². The number of nitrogens with one attached hydrogen (secondary N) is 1. The van der Waals surface area contributed by atoms with E-state index in [0.29, 0.717) is 11.1 Å². The molecule has 1 N–H and O–H groups in total. The highest BCUT2D eigenvalue weighted by Crippen LogP contribution is 2.23. The highest BCUT2D eigenvalue weighted by atomic mass is 19.1. The molecule has 1 nitrogen and oxygen atoms in total. The van der Waals surface area contributed by atoms with Gasteiger partial charge in [0.2, 0.25) is 0 Å². The largest absolute Gasteiger partial charge is 0.316 e. The van der Waals surface area contributed by atoms with Gasteiger partial charge in [-0.1, -0.05) is 24.3 Å². The van der Waals surface area contributed by atoms with Gasteiger partial charge in [-0.3, -0.25) is 0 Å². The van der Waals surface area contributed by atoms with E-state index in [-0.39, 0.29) is 0 Å². The molecule has 2 aromatic rings. The molecule has 0 unspecified atom stereocenters. The fourth-order valence-electron chi connectivity index (χ4n) is 1.72. The summed E-state index contributed by atoms with van der Waals surface area (Å²) in [7, 11) is 1.86. The molecule has 0 aromatic heterocycles. The van der Waals surface area contributed by atoms with Crippen LogP contribution in [0.3, 0.4) is 0 Å². The van der Waals surface area contributed by atoms with Crippen molar-refractivity contribution < 1.29 is 8.78 Å². The third-order valence-electron chi connectivity index (χ3n) is 2.57. The summed E-state index contributed by atoms with van der Waals surface area (Å²) < 4.78 is 26.6. The SMILES string of the molecule is CNCc1ccc(-c2cc(F)ccc2F)cc1. The first kappa shape index (κ1) is 11.7. The third-order valence-corrected chi connectivity index (χ3v) is 2.57. The van der Waals surface area contributed by atoms with Crippen molar-refractivity contribution in [2.75, 3.05) is 7.05 Å². The summed E-state index contributed by atoms with van der Waals surface area (Å²) in [5.41, 5.74) is 2.08. The van der Waals surface area contributed by atoms with Crippen molar-refractivity contribution in [3.63, 3.8) is 0 Å². The molecule has 0 aliphatic heterocycles. The molecule has 0 saturated carbocycles. The molecule has 3 heteroatoms. The van der Waals surface area contributed by atoms with Crippen molar-refractivity contribution in [1.82, 2.24) is 5.32 Å². The predicted octanol–water partition coefficient (Wildman–Crippen LogP) is 3.35. The second-order valence-corrected chi connectivity index (χ2v) is 3.85. The van der Waals surface area contributed by atoms with E-state index in [9.17, 15) is 8.78 Å². The minimum absolute atomic E-state index is 0.293. The zero-order chi connectivity index (χ0) is 12.3. The average molecular weight is 233 g/mol. The first-order valence-corrected chi connectivity index (χ1v) is 5.39. The molecule has 88 valence electrons. The smallest absolute Gasteiger partial charge is 0.131 e. The number of benzene rings is 2. The van der Waals surface area contributed by atoms with Gasteiger partial charge in [0.1, 0.15) is 11.6 Å². The van der Waals surface area contributed by atoms with Gasteiger partial charge in [-0.2, -0.15) is 0 Å². The molecule has 2 aromatic carbocycles. The lowest BCUT2D eigenvalue weighted by Crippen LogP contribution is -2.04. The standard InChI is InChI=1S/C14H13F2N/c1-17-9-10-2-4-11(5-3-10)13-8-12(15)6-7-14(13)16/h2-8,17H,9H2,1H3. The Bertz CT molecular complexity index is 506. The zero-order valence-electron chi connectivity index (χ0n) is 9.50. The van der Waals surface area contributed by atoms with E-state index in [4.69, 9.17) is 0 Å². The summed E-state index contributed by atoms with van der Waals surface area (Å²) in [5, 5.41) is 3.03. The molecule has 0 saturated heterocycles. The summed E-state index contributed by atoms with van der Waals surface area (Å²) in [4.78, 5) is 0. The van der Waals surface area contributed by atoms with Crippen LogP contribution in [0.4, 0.5) is 8.78 Å². The normalized spacial score (nSPS) is 10.5. The van der Waals surface area contributed by atoms with Crippen molar-refractivity contribution in [2.45, 2.75) is 6.54 Å². The summed E-state index contributed by atoms with van der Waals surface area (Å²) in [6.45, 7) is 0.756. The molecule has 0 amide bonds. The van der Waals surface area contributed by atoms with E-state index in [1.165, 1.54) is 6.07 Å². The van der Waals surface area contributed by atoms with Gasteiger partial charge in [-0.05, 0) is 36.4 Å². The number of hydrogen-bond acceptors (Lipinski definition) is 1. The second kappa shape index (κ2) is 5.06.